The number of rotatable bonds is 4. The number of benzene rings is 1. The number of hydrogen-bond acceptors (Lipinski definition) is 3. The van der Waals surface area contributed by atoms with Gasteiger partial charge < -0.3 is 14.5 Å². The Balaban J connectivity index is 1.26. The third-order valence-electron chi connectivity index (χ3n) is 6.37. The van der Waals surface area contributed by atoms with Gasteiger partial charge in [-0.15, -0.1) is 0 Å². The molecule has 2 heterocycles. The van der Waals surface area contributed by atoms with Crippen LogP contribution in [-0.4, -0.2) is 49.3 Å². The quantitative estimate of drug-likeness (QED) is 0.722. The van der Waals surface area contributed by atoms with Crippen molar-refractivity contribution in [3.05, 3.63) is 35.2 Å². The molecule has 6 heteroatoms. The Kier molecular flexibility index (Phi) is 5.60. The van der Waals surface area contributed by atoms with Crippen molar-refractivity contribution in [1.82, 2.24) is 4.90 Å². The molecule has 27 heavy (non-hydrogen) atoms. The zero-order valence-corrected chi connectivity index (χ0v) is 15.7. The first-order chi connectivity index (χ1) is 13.1. The van der Waals surface area contributed by atoms with Gasteiger partial charge in [0.1, 0.15) is 11.6 Å². The first-order valence-electron chi connectivity index (χ1n) is 10.1. The molecule has 0 amide bonds. The van der Waals surface area contributed by atoms with Crippen molar-refractivity contribution in [2.45, 2.75) is 63.2 Å². The second kappa shape index (κ2) is 8.12. The van der Waals surface area contributed by atoms with Gasteiger partial charge in [-0.3, -0.25) is 0 Å². The lowest BCUT2D eigenvalue weighted by atomic mass is 9.89. The lowest BCUT2D eigenvalue weighted by Gasteiger charge is -2.43. The van der Waals surface area contributed by atoms with Crippen molar-refractivity contribution in [3.8, 4) is 0 Å². The van der Waals surface area contributed by atoms with Crippen LogP contribution in [0.3, 0.4) is 0 Å². The van der Waals surface area contributed by atoms with E-state index in [9.17, 15) is 8.78 Å². The molecule has 0 bridgehead atoms. The van der Waals surface area contributed by atoms with Gasteiger partial charge in [-0.2, -0.15) is 0 Å². The molecule has 4 nitrogen and oxygen atoms in total. The third-order valence-corrected chi connectivity index (χ3v) is 6.37. The zero-order chi connectivity index (χ0) is 18.8. The highest BCUT2D eigenvalue weighted by atomic mass is 19.1. The molecule has 1 aliphatic carbocycles. The monoisotopic (exact) mass is 375 g/mol. The number of likely N-dealkylation sites (tertiary alicyclic amines) is 1. The topological polar surface area (TPSA) is 20.1 Å². The number of nitrogens with zero attached hydrogens (tertiary/aromatic N) is 3. The smallest absolute Gasteiger partial charge is 0.225 e. The van der Waals surface area contributed by atoms with Gasteiger partial charge in [-0.1, -0.05) is 6.42 Å². The summed E-state index contributed by atoms with van der Waals surface area (Å²) in [5, 5.41) is 0. The van der Waals surface area contributed by atoms with Crippen LogP contribution in [0.15, 0.2) is 12.1 Å². The highest BCUT2D eigenvalue weighted by Gasteiger charge is 2.31. The number of halogens is 2. The molecule has 2 saturated heterocycles. The summed E-state index contributed by atoms with van der Waals surface area (Å²) in [4.78, 5) is 7.50. The Morgan fingerprint density at radius 3 is 2.07 bits per heavy atom. The molecule has 1 saturated carbocycles. The highest BCUT2D eigenvalue weighted by Crippen LogP contribution is 2.32. The second-order valence-corrected chi connectivity index (χ2v) is 8.01. The lowest BCUT2D eigenvalue weighted by molar-refractivity contribution is -0.0598. The van der Waals surface area contributed by atoms with E-state index < -0.39 is 11.6 Å². The molecule has 3 aliphatic rings. The van der Waals surface area contributed by atoms with E-state index in [-0.39, 0.29) is 17.5 Å². The summed E-state index contributed by atoms with van der Waals surface area (Å²) in [6.45, 7) is 10.5. The van der Waals surface area contributed by atoms with Crippen LogP contribution in [0.25, 0.3) is 4.85 Å². The fourth-order valence-corrected chi connectivity index (χ4v) is 4.49. The second-order valence-electron chi connectivity index (χ2n) is 8.01. The van der Waals surface area contributed by atoms with E-state index in [4.69, 9.17) is 11.3 Å². The summed E-state index contributed by atoms with van der Waals surface area (Å²) in [6.07, 6.45) is 8.51. The van der Waals surface area contributed by atoms with Crippen LogP contribution in [0.5, 0.6) is 0 Å². The average Bonchev–Trinajstić information content (AvgIpc) is 2.64. The first-order valence-corrected chi connectivity index (χ1v) is 10.1. The number of anilines is 1. The molecular weight excluding hydrogens is 348 g/mol. The van der Waals surface area contributed by atoms with E-state index in [1.165, 1.54) is 19.3 Å². The maximum Gasteiger partial charge on any atom is 0.225 e. The van der Waals surface area contributed by atoms with Crippen LogP contribution in [-0.2, 0) is 4.74 Å². The van der Waals surface area contributed by atoms with Gasteiger partial charge in [0.15, 0.2) is 0 Å². The number of piperidine rings is 2. The Morgan fingerprint density at radius 1 is 0.889 bits per heavy atom. The van der Waals surface area contributed by atoms with E-state index in [0.29, 0.717) is 19.2 Å². The van der Waals surface area contributed by atoms with Crippen LogP contribution >= 0.6 is 0 Å². The van der Waals surface area contributed by atoms with Gasteiger partial charge in [0.25, 0.3) is 0 Å². The van der Waals surface area contributed by atoms with Crippen molar-refractivity contribution in [2.24, 2.45) is 0 Å². The van der Waals surface area contributed by atoms with Gasteiger partial charge >= 0.3 is 0 Å². The molecule has 2 aliphatic heterocycles. The van der Waals surface area contributed by atoms with Crippen molar-refractivity contribution < 1.29 is 13.5 Å². The summed E-state index contributed by atoms with van der Waals surface area (Å²) >= 11 is 0. The summed E-state index contributed by atoms with van der Waals surface area (Å²) < 4.78 is 34.4. The summed E-state index contributed by atoms with van der Waals surface area (Å²) in [7, 11) is 0. The van der Waals surface area contributed by atoms with Crippen LogP contribution in [0, 0.1) is 18.2 Å². The molecule has 0 unspecified atom stereocenters. The molecule has 3 fully saturated rings. The molecule has 0 aromatic heterocycles. The Morgan fingerprint density at radius 2 is 1.52 bits per heavy atom. The van der Waals surface area contributed by atoms with E-state index in [1.807, 2.05) is 4.90 Å². The average molecular weight is 375 g/mol. The largest absolute Gasteiger partial charge is 0.375 e. The summed E-state index contributed by atoms with van der Waals surface area (Å²) in [6, 6.07) is 2.97. The minimum Gasteiger partial charge on any atom is -0.375 e. The standard InChI is InChI=1S/C21H27F2N3O/c1-24-20-13-19(23)21(14-18(20)22)26-11-7-17(8-12-26)27-16-5-9-25(10-6-16)15-3-2-4-15/h13-17H,2-12H2. The first kappa shape index (κ1) is 18.6. The van der Waals surface area contributed by atoms with Crippen LogP contribution in [0.2, 0.25) is 0 Å². The minimum absolute atomic E-state index is 0.205. The summed E-state index contributed by atoms with van der Waals surface area (Å²) in [5.41, 5.74) is -0.00475. The van der Waals surface area contributed by atoms with E-state index in [2.05, 4.69) is 9.74 Å². The highest BCUT2D eigenvalue weighted by molar-refractivity contribution is 5.58. The van der Waals surface area contributed by atoms with Crippen LogP contribution in [0.4, 0.5) is 20.2 Å². The van der Waals surface area contributed by atoms with E-state index >= 15 is 0 Å². The van der Waals surface area contributed by atoms with E-state index in [1.54, 1.807) is 0 Å². The number of ether oxygens (including phenoxy) is 1. The van der Waals surface area contributed by atoms with E-state index in [0.717, 1.165) is 56.9 Å². The van der Waals surface area contributed by atoms with Crippen molar-refractivity contribution in [2.75, 3.05) is 31.1 Å². The molecule has 1 aromatic rings. The molecule has 1 aromatic carbocycles. The number of hydrogen-bond donors (Lipinski definition) is 0. The van der Waals surface area contributed by atoms with Gasteiger partial charge in [0, 0.05) is 32.2 Å². The maximum atomic E-state index is 14.2. The SMILES string of the molecule is [C-]#[N+]c1cc(F)c(N2CCC(OC3CCN(C4CCC4)CC3)CC2)cc1F. The van der Waals surface area contributed by atoms with Crippen LogP contribution in [0.1, 0.15) is 44.9 Å². The Bertz CT molecular complexity index is 700. The Labute approximate surface area is 159 Å². The van der Waals surface area contributed by atoms with Gasteiger partial charge in [0.2, 0.25) is 5.69 Å². The molecule has 0 spiro atoms. The van der Waals surface area contributed by atoms with Crippen LogP contribution < -0.4 is 4.90 Å². The zero-order valence-electron chi connectivity index (χ0n) is 15.7. The Hall–Kier alpha value is -1.71. The van der Waals surface area contributed by atoms with Gasteiger partial charge in [-0.25, -0.2) is 13.6 Å². The predicted octanol–water partition coefficient (Wildman–Crippen LogP) is 4.52. The fourth-order valence-electron chi connectivity index (χ4n) is 4.49. The molecule has 0 N–H and O–H groups in total. The molecule has 0 atom stereocenters. The maximum absolute atomic E-state index is 14.2. The molecule has 4 rings (SSSR count). The van der Waals surface area contributed by atoms with Gasteiger partial charge in [-0.05, 0) is 50.7 Å². The fraction of sp³-hybridized carbons (Fsp3) is 0.667. The van der Waals surface area contributed by atoms with Crippen molar-refractivity contribution >= 4 is 11.4 Å². The predicted molar refractivity (Wildman–Crippen MR) is 101 cm³/mol. The minimum atomic E-state index is -0.655. The lowest BCUT2D eigenvalue weighted by Crippen LogP contribution is -2.47. The third kappa shape index (κ3) is 4.09. The summed E-state index contributed by atoms with van der Waals surface area (Å²) in [5.74, 6) is -1.18. The van der Waals surface area contributed by atoms with Gasteiger partial charge in [0.05, 0.1) is 24.5 Å². The normalized spacial score (nSPS) is 23.2. The molecular formula is C21H27F2N3O. The van der Waals surface area contributed by atoms with Crippen molar-refractivity contribution in [3.63, 3.8) is 0 Å². The molecule has 146 valence electrons. The van der Waals surface area contributed by atoms with Crippen molar-refractivity contribution in [1.29, 1.82) is 0 Å². The molecule has 0 radical (unpaired) electrons.